The van der Waals surface area contributed by atoms with Crippen molar-refractivity contribution in [2.75, 3.05) is 0 Å². The lowest BCUT2D eigenvalue weighted by Crippen LogP contribution is -2.05. The molecule has 0 radical (unpaired) electrons. The van der Waals surface area contributed by atoms with Gasteiger partial charge in [0.15, 0.2) is 0 Å². The fourth-order valence-corrected chi connectivity index (χ4v) is 3.69. The van der Waals surface area contributed by atoms with Gasteiger partial charge in [0.2, 0.25) is 0 Å². The number of carbonyl (C=O) groups is 2. The van der Waals surface area contributed by atoms with Crippen molar-refractivity contribution in [3.63, 3.8) is 0 Å². The highest BCUT2D eigenvalue weighted by molar-refractivity contribution is 5.87. The van der Waals surface area contributed by atoms with E-state index in [1.165, 1.54) is 54.4 Å². The van der Waals surface area contributed by atoms with Gasteiger partial charge in [0, 0.05) is 5.56 Å². The molecule has 0 spiro atoms. The SMILES string of the molecule is O=C(O)c1ccc2c(c1)CCCC2.O=Cc1ccc2c(c1)CCCC2. The van der Waals surface area contributed by atoms with E-state index in [0.29, 0.717) is 5.56 Å². The summed E-state index contributed by atoms with van der Waals surface area (Å²) in [6, 6.07) is 11.5. The molecular weight excluding hydrogens is 312 g/mol. The molecule has 0 bridgehead atoms. The number of carboxylic acids is 1. The minimum absolute atomic E-state index is 0.417. The Labute approximate surface area is 148 Å². The highest BCUT2D eigenvalue weighted by Crippen LogP contribution is 2.22. The molecule has 2 aromatic rings. The number of aromatic carboxylic acids is 1. The van der Waals surface area contributed by atoms with Crippen LogP contribution in [0.1, 0.15) is 68.7 Å². The van der Waals surface area contributed by atoms with Gasteiger partial charge in [-0.1, -0.05) is 18.2 Å². The van der Waals surface area contributed by atoms with Gasteiger partial charge in [0.1, 0.15) is 6.29 Å². The van der Waals surface area contributed by atoms with E-state index in [0.717, 1.165) is 31.1 Å². The summed E-state index contributed by atoms with van der Waals surface area (Å²) >= 11 is 0. The van der Waals surface area contributed by atoms with Crippen LogP contribution in [-0.2, 0) is 25.7 Å². The molecule has 0 saturated heterocycles. The number of rotatable bonds is 2. The lowest BCUT2D eigenvalue weighted by molar-refractivity contribution is 0.0696. The van der Waals surface area contributed by atoms with Crippen LogP contribution in [0.2, 0.25) is 0 Å². The standard InChI is InChI=1S/C11H12O2.C11H12O/c12-11(13)10-6-5-8-3-1-2-4-9(8)7-10;12-8-9-5-6-10-3-1-2-4-11(10)7-9/h5-7H,1-4H2,(H,12,13);5-8H,1-4H2. The maximum absolute atomic E-state index is 10.7. The molecule has 3 heteroatoms. The summed E-state index contributed by atoms with van der Waals surface area (Å²) in [5.74, 6) is -0.826. The minimum atomic E-state index is -0.826. The van der Waals surface area contributed by atoms with E-state index in [4.69, 9.17) is 5.11 Å². The Kier molecular flexibility index (Phi) is 5.64. The van der Waals surface area contributed by atoms with Gasteiger partial charge in [-0.2, -0.15) is 0 Å². The lowest BCUT2D eigenvalue weighted by Gasteiger charge is -2.15. The zero-order valence-electron chi connectivity index (χ0n) is 14.5. The van der Waals surface area contributed by atoms with Gasteiger partial charge in [-0.15, -0.1) is 0 Å². The van der Waals surface area contributed by atoms with Crippen LogP contribution in [-0.4, -0.2) is 17.4 Å². The summed E-state index contributed by atoms with van der Waals surface area (Å²) in [4.78, 5) is 21.2. The molecule has 0 aliphatic heterocycles. The summed E-state index contributed by atoms with van der Waals surface area (Å²) in [6.07, 6.45) is 10.4. The molecule has 0 fully saturated rings. The molecule has 130 valence electrons. The second-order valence-electron chi connectivity index (χ2n) is 6.85. The maximum atomic E-state index is 10.7. The highest BCUT2D eigenvalue weighted by Gasteiger charge is 2.11. The summed E-state index contributed by atoms with van der Waals surface area (Å²) in [6.45, 7) is 0. The first-order valence-electron chi connectivity index (χ1n) is 9.09. The number of carbonyl (C=O) groups excluding carboxylic acids is 1. The topological polar surface area (TPSA) is 54.4 Å². The second-order valence-corrected chi connectivity index (χ2v) is 6.85. The van der Waals surface area contributed by atoms with Crippen molar-refractivity contribution < 1.29 is 14.7 Å². The van der Waals surface area contributed by atoms with Crippen LogP contribution in [0.4, 0.5) is 0 Å². The molecule has 25 heavy (non-hydrogen) atoms. The molecule has 2 aromatic carbocycles. The van der Waals surface area contributed by atoms with Crippen molar-refractivity contribution in [3.8, 4) is 0 Å². The van der Waals surface area contributed by atoms with Crippen molar-refractivity contribution in [2.45, 2.75) is 51.4 Å². The third-order valence-electron chi connectivity index (χ3n) is 5.10. The molecule has 0 unspecified atom stereocenters. The zero-order chi connectivity index (χ0) is 17.6. The largest absolute Gasteiger partial charge is 0.478 e. The van der Waals surface area contributed by atoms with Gasteiger partial charge in [-0.25, -0.2) is 4.79 Å². The van der Waals surface area contributed by atoms with Crippen LogP contribution in [0.25, 0.3) is 0 Å². The summed E-state index contributed by atoms with van der Waals surface area (Å²) in [5.41, 5.74) is 6.61. The van der Waals surface area contributed by atoms with E-state index in [9.17, 15) is 9.59 Å². The van der Waals surface area contributed by atoms with Gasteiger partial charge in [0.25, 0.3) is 0 Å². The Morgan fingerprint density at radius 2 is 1.28 bits per heavy atom. The summed E-state index contributed by atoms with van der Waals surface area (Å²) in [7, 11) is 0. The van der Waals surface area contributed by atoms with E-state index in [1.807, 2.05) is 24.3 Å². The Morgan fingerprint density at radius 1 is 0.760 bits per heavy atom. The molecule has 2 aliphatic rings. The van der Waals surface area contributed by atoms with Crippen LogP contribution in [0.15, 0.2) is 36.4 Å². The van der Waals surface area contributed by atoms with Gasteiger partial charge >= 0.3 is 5.97 Å². The van der Waals surface area contributed by atoms with Crippen molar-refractivity contribution in [3.05, 3.63) is 69.8 Å². The Balaban J connectivity index is 0.000000146. The highest BCUT2D eigenvalue weighted by atomic mass is 16.4. The molecular formula is C22H24O3. The number of hydrogen-bond donors (Lipinski definition) is 1. The van der Waals surface area contributed by atoms with E-state index in [2.05, 4.69) is 6.07 Å². The third-order valence-corrected chi connectivity index (χ3v) is 5.10. The van der Waals surface area contributed by atoms with Crippen molar-refractivity contribution >= 4 is 12.3 Å². The normalized spacial score (nSPS) is 15.2. The number of aryl methyl sites for hydroxylation is 4. The van der Waals surface area contributed by atoms with Crippen LogP contribution in [0.5, 0.6) is 0 Å². The first kappa shape index (κ1) is 17.4. The minimum Gasteiger partial charge on any atom is -0.478 e. The predicted molar refractivity (Wildman–Crippen MR) is 98.5 cm³/mol. The van der Waals surface area contributed by atoms with E-state index in [1.54, 1.807) is 6.07 Å². The van der Waals surface area contributed by atoms with E-state index in [-0.39, 0.29) is 0 Å². The fraction of sp³-hybridized carbons (Fsp3) is 0.364. The lowest BCUT2D eigenvalue weighted by atomic mass is 9.90. The molecule has 3 nitrogen and oxygen atoms in total. The Hall–Kier alpha value is -2.42. The molecule has 0 aromatic heterocycles. The zero-order valence-corrected chi connectivity index (χ0v) is 14.5. The van der Waals surface area contributed by atoms with Crippen LogP contribution in [0.3, 0.4) is 0 Å². The smallest absolute Gasteiger partial charge is 0.335 e. The monoisotopic (exact) mass is 336 g/mol. The van der Waals surface area contributed by atoms with Crippen LogP contribution in [0, 0.1) is 0 Å². The van der Waals surface area contributed by atoms with Crippen molar-refractivity contribution in [1.29, 1.82) is 0 Å². The molecule has 0 atom stereocenters. The van der Waals surface area contributed by atoms with Gasteiger partial charge in [-0.3, -0.25) is 4.79 Å². The van der Waals surface area contributed by atoms with Crippen molar-refractivity contribution in [2.24, 2.45) is 0 Å². The first-order chi connectivity index (χ1) is 12.2. The number of aldehydes is 1. The Morgan fingerprint density at radius 3 is 1.84 bits per heavy atom. The van der Waals surface area contributed by atoms with Gasteiger partial charge < -0.3 is 5.11 Å². The summed E-state index contributed by atoms with van der Waals surface area (Å²) < 4.78 is 0. The molecule has 0 saturated carbocycles. The Bertz CT molecular complexity index is 777. The van der Waals surface area contributed by atoms with E-state index < -0.39 is 5.97 Å². The first-order valence-corrected chi connectivity index (χ1v) is 9.09. The molecule has 1 N–H and O–H groups in total. The average Bonchev–Trinajstić information content (AvgIpc) is 2.67. The van der Waals surface area contributed by atoms with Gasteiger partial charge in [-0.05, 0) is 91.8 Å². The number of benzene rings is 2. The van der Waals surface area contributed by atoms with Crippen LogP contribution < -0.4 is 0 Å². The average molecular weight is 336 g/mol. The van der Waals surface area contributed by atoms with E-state index >= 15 is 0 Å². The number of hydrogen-bond acceptors (Lipinski definition) is 2. The number of fused-ring (bicyclic) bond motifs is 2. The molecule has 0 amide bonds. The van der Waals surface area contributed by atoms with Gasteiger partial charge in [0.05, 0.1) is 5.56 Å². The summed E-state index contributed by atoms with van der Waals surface area (Å²) in [5, 5.41) is 8.79. The predicted octanol–water partition coefficient (Wildman–Crippen LogP) is 4.64. The molecule has 2 aliphatic carbocycles. The quantitative estimate of drug-likeness (QED) is 0.813. The molecule has 0 heterocycles. The number of carboxylic acid groups (broad SMARTS) is 1. The second kappa shape index (κ2) is 8.11. The van der Waals surface area contributed by atoms with Crippen LogP contribution >= 0.6 is 0 Å². The third kappa shape index (κ3) is 4.36. The van der Waals surface area contributed by atoms with Crippen molar-refractivity contribution in [1.82, 2.24) is 0 Å². The maximum Gasteiger partial charge on any atom is 0.335 e. The molecule has 4 rings (SSSR count). The fourth-order valence-electron chi connectivity index (χ4n) is 3.69.